The lowest BCUT2D eigenvalue weighted by molar-refractivity contribution is 0.835. The van der Waals surface area contributed by atoms with E-state index in [1.807, 2.05) is 6.21 Å². The van der Waals surface area contributed by atoms with Crippen LogP contribution in [0, 0.1) is 0 Å². The van der Waals surface area contributed by atoms with Crippen LogP contribution in [-0.2, 0) is 0 Å². The summed E-state index contributed by atoms with van der Waals surface area (Å²) in [5.74, 6) is 0.893. The summed E-state index contributed by atoms with van der Waals surface area (Å²) in [5.41, 5.74) is 15.3. The second-order valence-corrected chi connectivity index (χ2v) is 8.76. The quantitative estimate of drug-likeness (QED) is 0.396. The van der Waals surface area contributed by atoms with E-state index >= 15 is 0 Å². The van der Waals surface area contributed by atoms with E-state index in [-0.39, 0.29) is 0 Å². The maximum absolute atomic E-state index is 4.68. The molecule has 1 N–H and O–H groups in total. The standard InChI is InChI=1S/C27H34N2/c1-17(2)23-13-10-14-24(18(3)4)27(23)29-28-16-22-11-8-9-12-25(22)26-15-19(5)20(6)21(26)7/h8-14,16-18,29H,15H2,1-7H3. The first-order valence-corrected chi connectivity index (χ1v) is 10.7. The Morgan fingerprint density at radius 3 is 2.00 bits per heavy atom. The normalized spacial score (nSPS) is 14.8. The van der Waals surface area contributed by atoms with Gasteiger partial charge in [-0.25, -0.2) is 0 Å². The third-order valence-electron chi connectivity index (χ3n) is 6.14. The molecule has 0 heterocycles. The van der Waals surface area contributed by atoms with Gasteiger partial charge >= 0.3 is 0 Å². The Morgan fingerprint density at radius 2 is 1.45 bits per heavy atom. The highest BCUT2D eigenvalue weighted by Crippen LogP contribution is 2.38. The summed E-state index contributed by atoms with van der Waals surface area (Å²) < 4.78 is 0. The molecule has 0 radical (unpaired) electrons. The maximum Gasteiger partial charge on any atom is 0.0630 e. The smallest absolute Gasteiger partial charge is 0.0630 e. The summed E-state index contributed by atoms with van der Waals surface area (Å²) in [4.78, 5) is 0. The van der Waals surface area contributed by atoms with Crippen molar-refractivity contribution in [2.24, 2.45) is 5.10 Å². The molecule has 1 aliphatic rings. The van der Waals surface area contributed by atoms with Gasteiger partial charge in [0.2, 0.25) is 0 Å². The third-order valence-corrected chi connectivity index (χ3v) is 6.14. The van der Waals surface area contributed by atoms with Crippen molar-refractivity contribution in [3.05, 3.63) is 81.4 Å². The van der Waals surface area contributed by atoms with E-state index in [2.05, 4.69) is 101 Å². The van der Waals surface area contributed by atoms with Gasteiger partial charge in [0.15, 0.2) is 0 Å². The van der Waals surface area contributed by atoms with Crippen molar-refractivity contribution in [2.75, 3.05) is 5.43 Å². The lowest BCUT2D eigenvalue weighted by Crippen LogP contribution is -2.04. The van der Waals surface area contributed by atoms with Crippen molar-refractivity contribution in [3.63, 3.8) is 0 Å². The molecular formula is C27H34N2. The maximum atomic E-state index is 4.68. The van der Waals surface area contributed by atoms with Gasteiger partial charge in [0, 0.05) is 5.56 Å². The molecule has 0 atom stereocenters. The zero-order valence-corrected chi connectivity index (χ0v) is 18.9. The van der Waals surface area contributed by atoms with Gasteiger partial charge in [-0.1, -0.05) is 75.7 Å². The lowest BCUT2D eigenvalue weighted by atomic mass is 9.93. The molecule has 2 heteroatoms. The van der Waals surface area contributed by atoms with E-state index in [1.165, 1.54) is 39.0 Å². The van der Waals surface area contributed by atoms with Crippen molar-refractivity contribution >= 4 is 17.5 Å². The Hall–Kier alpha value is -2.61. The van der Waals surface area contributed by atoms with Crippen molar-refractivity contribution < 1.29 is 0 Å². The van der Waals surface area contributed by atoms with Crippen LogP contribution in [0.4, 0.5) is 5.69 Å². The number of allylic oxidation sites excluding steroid dienone is 4. The average molecular weight is 387 g/mol. The van der Waals surface area contributed by atoms with Crippen LogP contribution in [0.3, 0.4) is 0 Å². The Balaban J connectivity index is 1.93. The average Bonchev–Trinajstić information content (AvgIpc) is 2.95. The fourth-order valence-corrected chi connectivity index (χ4v) is 4.10. The predicted octanol–water partition coefficient (Wildman–Crippen LogP) is 7.89. The zero-order valence-electron chi connectivity index (χ0n) is 18.9. The van der Waals surface area contributed by atoms with E-state index in [0.717, 1.165) is 17.7 Å². The molecule has 1 aliphatic carbocycles. The molecule has 29 heavy (non-hydrogen) atoms. The fourth-order valence-electron chi connectivity index (χ4n) is 4.10. The lowest BCUT2D eigenvalue weighted by Gasteiger charge is -2.18. The molecule has 2 aromatic carbocycles. The molecule has 0 aromatic heterocycles. The molecule has 0 saturated heterocycles. The van der Waals surface area contributed by atoms with E-state index in [4.69, 9.17) is 0 Å². The number of rotatable bonds is 6. The molecule has 0 aliphatic heterocycles. The highest BCUT2D eigenvalue weighted by atomic mass is 15.3. The highest BCUT2D eigenvalue weighted by molar-refractivity contribution is 5.91. The molecule has 0 bridgehead atoms. The zero-order chi connectivity index (χ0) is 21.1. The largest absolute Gasteiger partial charge is 0.278 e. The number of anilines is 1. The third kappa shape index (κ3) is 4.37. The molecule has 152 valence electrons. The number of benzene rings is 2. The summed E-state index contributed by atoms with van der Waals surface area (Å²) in [6.45, 7) is 15.6. The van der Waals surface area contributed by atoms with Crippen LogP contribution >= 0.6 is 0 Å². The molecule has 2 aromatic rings. The van der Waals surface area contributed by atoms with Crippen molar-refractivity contribution in [1.29, 1.82) is 0 Å². The Morgan fingerprint density at radius 1 is 0.828 bits per heavy atom. The molecule has 0 fully saturated rings. The molecule has 0 spiro atoms. The molecular weight excluding hydrogens is 352 g/mol. The first-order valence-electron chi connectivity index (χ1n) is 10.7. The summed E-state index contributed by atoms with van der Waals surface area (Å²) in [5, 5.41) is 4.68. The highest BCUT2D eigenvalue weighted by Gasteiger charge is 2.18. The number of nitrogens with zero attached hydrogens (tertiary/aromatic N) is 1. The Kier molecular flexibility index (Phi) is 6.42. The fraction of sp³-hybridized carbons (Fsp3) is 0.370. The predicted molar refractivity (Wildman–Crippen MR) is 128 cm³/mol. The van der Waals surface area contributed by atoms with Gasteiger partial charge in [-0.15, -0.1) is 0 Å². The topological polar surface area (TPSA) is 24.4 Å². The minimum atomic E-state index is 0.446. The molecule has 3 rings (SSSR count). The van der Waals surface area contributed by atoms with Crippen LogP contribution in [0.1, 0.15) is 89.0 Å². The van der Waals surface area contributed by atoms with E-state index < -0.39 is 0 Å². The van der Waals surface area contributed by atoms with Crippen LogP contribution in [0.15, 0.2) is 64.3 Å². The van der Waals surface area contributed by atoms with Crippen LogP contribution in [-0.4, -0.2) is 6.21 Å². The van der Waals surface area contributed by atoms with Crippen LogP contribution in [0.5, 0.6) is 0 Å². The van der Waals surface area contributed by atoms with Gasteiger partial charge in [-0.2, -0.15) is 5.10 Å². The van der Waals surface area contributed by atoms with Gasteiger partial charge < -0.3 is 0 Å². The summed E-state index contributed by atoms with van der Waals surface area (Å²) in [6, 6.07) is 15.1. The first kappa shape index (κ1) is 21.1. The molecule has 2 nitrogen and oxygen atoms in total. The van der Waals surface area contributed by atoms with Gasteiger partial charge in [0.25, 0.3) is 0 Å². The number of hydrogen-bond acceptors (Lipinski definition) is 2. The number of para-hydroxylation sites is 1. The van der Waals surface area contributed by atoms with Gasteiger partial charge in [0.05, 0.1) is 11.9 Å². The van der Waals surface area contributed by atoms with Crippen molar-refractivity contribution in [2.45, 2.75) is 66.7 Å². The monoisotopic (exact) mass is 386 g/mol. The van der Waals surface area contributed by atoms with Crippen LogP contribution < -0.4 is 5.43 Å². The number of hydrogen-bond donors (Lipinski definition) is 1. The molecule has 0 amide bonds. The second kappa shape index (κ2) is 8.82. The van der Waals surface area contributed by atoms with E-state index in [9.17, 15) is 0 Å². The number of nitrogens with one attached hydrogen (secondary N) is 1. The van der Waals surface area contributed by atoms with Crippen molar-refractivity contribution in [1.82, 2.24) is 0 Å². The van der Waals surface area contributed by atoms with Crippen LogP contribution in [0.25, 0.3) is 5.57 Å². The van der Waals surface area contributed by atoms with Gasteiger partial charge in [0.1, 0.15) is 0 Å². The van der Waals surface area contributed by atoms with E-state index in [0.29, 0.717) is 11.8 Å². The van der Waals surface area contributed by atoms with Crippen molar-refractivity contribution in [3.8, 4) is 0 Å². The minimum absolute atomic E-state index is 0.446. The summed E-state index contributed by atoms with van der Waals surface area (Å²) in [7, 11) is 0. The summed E-state index contributed by atoms with van der Waals surface area (Å²) in [6.07, 6.45) is 3.00. The molecule has 0 unspecified atom stereocenters. The second-order valence-electron chi connectivity index (χ2n) is 8.76. The Labute approximate surface area is 176 Å². The number of hydrazone groups is 1. The van der Waals surface area contributed by atoms with Gasteiger partial charge in [-0.3, -0.25) is 5.43 Å². The minimum Gasteiger partial charge on any atom is -0.278 e. The Bertz CT molecular complexity index is 961. The SMILES string of the molecule is CC1=C(C)C(C)=C(c2ccccc2C=NNc2c(C(C)C)cccc2C(C)C)C1. The van der Waals surface area contributed by atoms with Crippen LogP contribution in [0.2, 0.25) is 0 Å². The first-order chi connectivity index (χ1) is 13.8. The van der Waals surface area contributed by atoms with Gasteiger partial charge in [-0.05, 0) is 72.4 Å². The summed E-state index contributed by atoms with van der Waals surface area (Å²) >= 11 is 0. The molecule has 0 saturated carbocycles. The van der Waals surface area contributed by atoms with E-state index in [1.54, 1.807) is 0 Å².